The second-order valence-electron chi connectivity index (χ2n) is 4.97. The van der Waals surface area contributed by atoms with Crippen LogP contribution in [-0.2, 0) is 11.6 Å². The summed E-state index contributed by atoms with van der Waals surface area (Å²) in [5, 5.41) is 10.1. The third-order valence-corrected chi connectivity index (χ3v) is 3.56. The van der Waals surface area contributed by atoms with Crippen LogP contribution >= 0.6 is 0 Å². The molecule has 1 aliphatic carbocycles. The van der Waals surface area contributed by atoms with Gasteiger partial charge in [0.05, 0.1) is 6.10 Å². The lowest BCUT2D eigenvalue weighted by Crippen LogP contribution is -2.17. The Labute approximate surface area is 118 Å². The topological polar surface area (TPSA) is 54.4 Å². The Balaban J connectivity index is 0.000000550. The average molecular weight is 280 g/mol. The highest BCUT2D eigenvalue weighted by atomic mass is 32.1. The molecule has 1 aromatic rings. The van der Waals surface area contributed by atoms with Gasteiger partial charge in [0, 0.05) is 5.92 Å². The number of allylic oxidation sites excluding steroid dienone is 1. The Bertz CT molecular complexity index is 450. The molecule has 1 aliphatic rings. The van der Waals surface area contributed by atoms with Crippen LogP contribution < -0.4 is 0 Å². The van der Waals surface area contributed by atoms with Crippen molar-refractivity contribution < 1.29 is 13.5 Å². The third kappa shape index (κ3) is 4.73. The zero-order valence-electron chi connectivity index (χ0n) is 11.3. The predicted octanol–water partition coefficient (Wildman–Crippen LogP) is 2.83. The maximum atomic E-state index is 10.1. The highest BCUT2D eigenvalue weighted by molar-refractivity contribution is 7.51. The first kappa shape index (κ1) is 15.8. The Hall–Kier alpha value is -1.26. The van der Waals surface area contributed by atoms with Gasteiger partial charge in [0.25, 0.3) is 0 Å². The summed E-state index contributed by atoms with van der Waals surface area (Å²) < 4.78 is 16.6. The lowest BCUT2D eigenvalue weighted by atomic mass is 9.89. The molecule has 0 spiro atoms. The summed E-state index contributed by atoms with van der Waals surface area (Å²) >= 11 is -0.750. The van der Waals surface area contributed by atoms with E-state index in [0.717, 1.165) is 12.8 Å². The van der Waals surface area contributed by atoms with Crippen LogP contribution in [0.5, 0.6) is 0 Å². The van der Waals surface area contributed by atoms with Crippen LogP contribution in [0.3, 0.4) is 0 Å². The van der Waals surface area contributed by atoms with E-state index < -0.39 is 11.6 Å². The van der Waals surface area contributed by atoms with Gasteiger partial charge in [-0.2, -0.15) is 8.42 Å². The van der Waals surface area contributed by atoms with E-state index in [1.807, 2.05) is 6.07 Å². The zero-order chi connectivity index (χ0) is 14.3. The second kappa shape index (κ2) is 8.02. The molecule has 104 valence electrons. The van der Waals surface area contributed by atoms with E-state index in [2.05, 4.69) is 44.2 Å². The van der Waals surface area contributed by atoms with Gasteiger partial charge in [0.2, 0.25) is 0 Å². The Morgan fingerprint density at radius 3 is 2.26 bits per heavy atom. The normalized spacial score (nSPS) is 26.5. The van der Waals surface area contributed by atoms with Crippen molar-refractivity contribution in [1.29, 1.82) is 0 Å². The zero-order valence-corrected chi connectivity index (χ0v) is 12.1. The first-order chi connectivity index (χ1) is 9.10. The Morgan fingerprint density at radius 1 is 1.11 bits per heavy atom. The quantitative estimate of drug-likeness (QED) is 0.860. The maximum absolute atomic E-state index is 10.1. The molecule has 0 heterocycles. The summed E-state index contributed by atoms with van der Waals surface area (Å²) in [6.45, 7) is 4.36. The van der Waals surface area contributed by atoms with E-state index in [1.165, 1.54) is 11.1 Å². The number of aliphatic hydroxyl groups is 1. The van der Waals surface area contributed by atoms with Crippen molar-refractivity contribution in [2.45, 2.75) is 32.8 Å². The van der Waals surface area contributed by atoms with Crippen LogP contribution in [0.2, 0.25) is 0 Å². The molecule has 2 rings (SSSR count). The molecule has 3 atom stereocenters. The molecule has 1 N–H and O–H groups in total. The van der Waals surface area contributed by atoms with E-state index in [-0.39, 0.29) is 12.0 Å². The van der Waals surface area contributed by atoms with Gasteiger partial charge in [-0.25, -0.2) is 0 Å². The van der Waals surface area contributed by atoms with Crippen molar-refractivity contribution in [3.63, 3.8) is 0 Å². The lowest BCUT2D eigenvalue weighted by Gasteiger charge is -2.19. The summed E-state index contributed by atoms with van der Waals surface area (Å²) in [4.78, 5) is 0. The molecule has 0 aliphatic heterocycles. The largest absolute Gasteiger partial charge is 0.393 e. The maximum Gasteiger partial charge on any atom is 0.335 e. The number of hydrogen-bond donors (Lipinski definition) is 1. The molecule has 0 aromatic heterocycles. The van der Waals surface area contributed by atoms with Crippen LogP contribution in [0.25, 0.3) is 5.57 Å². The van der Waals surface area contributed by atoms with Crippen LogP contribution in [-0.4, -0.2) is 19.6 Å². The van der Waals surface area contributed by atoms with Gasteiger partial charge in [0.15, 0.2) is 0 Å². The monoisotopic (exact) mass is 280 g/mol. The highest BCUT2D eigenvalue weighted by Gasteiger charge is 2.23. The minimum absolute atomic E-state index is 0.198. The smallest absolute Gasteiger partial charge is 0.335 e. The Kier molecular flexibility index (Phi) is 6.67. The molecule has 4 heteroatoms. The van der Waals surface area contributed by atoms with Gasteiger partial charge >= 0.3 is 11.6 Å². The minimum atomic E-state index is -0.750. The molecule has 3 nitrogen and oxygen atoms in total. The van der Waals surface area contributed by atoms with Crippen LogP contribution in [0, 0.1) is 11.8 Å². The minimum Gasteiger partial charge on any atom is -0.393 e. The molecule has 0 saturated heterocycles. The van der Waals surface area contributed by atoms with Crippen molar-refractivity contribution in [3.8, 4) is 0 Å². The lowest BCUT2D eigenvalue weighted by molar-refractivity contribution is 0.130. The SMILES string of the molecule is CC1C=C(c2ccccc2)[C@H](C)[C@H](O)CC1.O=S=O. The summed E-state index contributed by atoms with van der Waals surface area (Å²) in [5.74, 6) is 0.808. The molecule has 1 unspecified atom stereocenters. The van der Waals surface area contributed by atoms with Gasteiger partial charge in [-0.3, -0.25) is 0 Å². The molecule has 1 aromatic carbocycles. The van der Waals surface area contributed by atoms with Crippen molar-refractivity contribution in [3.05, 3.63) is 42.0 Å². The van der Waals surface area contributed by atoms with Crippen LogP contribution in [0.15, 0.2) is 36.4 Å². The summed E-state index contributed by atoms with van der Waals surface area (Å²) in [6, 6.07) is 10.4. The van der Waals surface area contributed by atoms with Crippen molar-refractivity contribution in [2.75, 3.05) is 0 Å². The predicted molar refractivity (Wildman–Crippen MR) is 76.9 cm³/mol. The molecule has 0 saturated carbocycles. The van der Waals surface area contributed by atoms with Crippen molar-refractivity contribution in [2.24, 2.45) is 11.8 Å². The van der Waals surface area contributed by atoms with E-state index in [1.54, 1.807) is 0 Å². The number of hydrogen-bond acceptors (Lipinski definition) is 3. The van der Waals surface area contributed by atoms with Gasteiger partial charge in [-0.05, 0) is 29.9 Å². The molecular formula is C15H20O3S. The molecule has 0 bridgehead atoms. The fourth-order valence-electron chi connectivity index (χ4n) is 2.42. The molecule has 0 amide bonds. The fourth-order valence-corrected chi connectivity index (χ4v) is 2.42. The van der Waals surface area contributed by atoms with Crippen molar-refractivity contribution in [1.82, 2.24) is 0 Å². The molecular weight excluding hydrogens is 260 g/mol. The van der Waals surface area contributed by atoms with Gasteiger partial charge in [-0.15, -0.1) is 0 Å². The van der Waals surface area contributed by atoms with E-state index in [9.17, 15) is 5.11 Å². The van der Waals surface area contributed by atoms with Gasteiger partial charge in [-0.1, -0.05) is 50.3 Å². The second-order valence-corrected chi connectivity index (χ2v) is 5.10. The van der Waals surface area contributed by atoms with Crippen LogP contribution in [0.1, 0.15) is 32.3 Å². The van der Waals surface area contributed by atoms with Crippen LogP contribution in [0.4, 0.5) is 0 Å². The van der Waals surface area contributed by atoms with Gasteiger partial charge in [0.1, 0.15) is 0 Å². The third-order valence-electron chi connectivity index (χ3n) is 3.56. The summed E-state index contributed by atoms with van der Waals surface area (Å²) in [6.07, 6.45) is 4.13. The fraction of sp³-hybridized carbons (Fsp3) is 0.467. The number of benzene rings is 1. The molecule has 19 heavy (non-hydrogen) atoms. The summed E-state index contributed by atoms with van der Waals surface area (Å²) in [7, 11) is 0. The van der Waals surface area contributed by atoms with Gasteiger partial charge < -0.3 is 5.11 Å². The Morgan fingerprint density at radius 2 is 1.68 bits per heavy atom. The highest BCUT2D eigenvalue weighted by Crippen LogP contribution is 2.33. The first-order valence-electron chi connectivity index (χ1n) is 6.47. The number of rotatable bonds is 1. The van der Waals surface area contributed by atoms with E-state index in [4.69, 9.17) is 8.42 Å². The van der Waals surface area contributed by atoms with Crippen molar-refractivity contribution >= 4 is 17.1 Å². The summed E-state index contributed by atoms with van der Waals surface area (Å²) in [5.41, 5.74) is 2.56. The number of aliphatic hydroxyl groups excluding tert-OH is 1. The molecule has 0 fully saturated rings. The van der Waals surface area contributed by atoms with E-state index in [0.29, 0.717) is 5.92 Å². The molecule has 0 radical (unpaired) electrons. The first-order valence-corrected chi connectivity index (χ1v) is 7.13. The average Bonchev–Trinajstić information content (AvgIpc) is 2.54. The standard InChI is InChI=1S/C15H20O.O2S/c1-11-8-9-15(16)12(2)14(10-11)13-6-4-3-5-7-13;1-3-2/h3-7,10-12,15-16H,8-9H2,1-2H3;/t11?,12-,15+;/m0./s1. The van der Waals surface area contributed by atoms with E-state index >= 15 is 0 Å².